The molecule has 2 amide bonds. The van der Waals surface area contributed by atoms with Crippen molar-refractivity contribution >= 4 is 17.5 Å². The number of benzene rings is 2. The van der Waals surface area contributed by atoms with Crippen LogP contribution in [0.5, 0.6) is 5.75 Å². The highest BCUT2D eigenvalue weighted by atomic mass is 16.5. The maximum Gasteiger partial charge on any atom is 0.228 e. The third-order valence-electron chi connectivity index (χ3n) is 4.69. The van der Waals surface area contributed by atoms with Crippen LogP contribution in [-0.2, 0) is 16.1 Å². The number of fused-ring (bicyclic) bond motifs is 1. The Hall–Kier alpha value is -2.82. The molecule has 0 saturated carbocycles. The molecule has 2 aromatic rings. The van der Waals surface area contributed by atoms with Crippen LogP contribution >= 0.6 is 0 Å². The van der Waals surface area contributed by atoms with Crippen LogP contribution in [0.4, 0.5) is 5.69 Å². The molecule has 0 bridgehead atoms. The Kier molecular flexibility index (Phi) is 6.12. The van der Waals surface area contributed by atoms with Crippen molar-refractivity contribution < 1.29 is 14.3 Å². The lowest BCUT2D eigenvalue weighted by molar-refractivity contribution is -0.126. The summed E-state index contributed by atoms with van der Waals surface area (Å²) < 4.78 is 5.88. The number of amides is 2. The van der Waals surface area contributed by atoms with E-state index in [1.807, 2.05) is 48.5 Å². The Morgan fingerprint density at radius 3 is 2.74 bits per heavy atom. The molecule has 1 atom stereocenters. The molecule has 1 unspecified atom stereocenters. The minimum atomic E-state index is -0.469. The van der Waals surface area contributed by atoms with Gasteiger partial charge in [-0.25, -0.2) is 0 Å². The molecular formula is C22H26N2O3. The summed E-state index contributed by atoms with van der Waals surface area (Å²) in [6.45, 7) is 5.34. The van der Waals surface area contributed by atoms with Crippen LogP contribution in [0, 0.1) is 5.92 Å². The van der Waals surface area contributed by atoms with Gasteiger partial charge >= 0.3 is 0 Å². The average Bonchev–Trinajstić information content (AvgIpc) is 2.66. The number of carbonyl (C=O) groups excluding carboxylic acids is 2. The minimum Gasteiger partial charge on any atom is -0.493 e. The molecule has 142 valence electrons. The van der Waals surface area contributed by atoms with Crippen LogP contribution in [0.3, 0.4) is 0 Å². The second kappa shape index (κ2) is 8.71. The van der Waals surface area contributed by atoms with Gasteiger partial charge in [-0.3, -0.25) is 9.59 Å². The molecule has 0 saturated heterocycles. The van der Waals surface area contributed by atoms with Crippen molar-refractivity contribution in [3.8, 4) is 5.75 Å². The smallest absolute Gasteiger partial charge is 0.228 e. The van der Waals surface area contributed by atoms with E-state index in [1.54, 1.807) is 0 Å². The molecular weight excluding hydrogens is 340 g/mol. The average molecular weight is 366 g/mol. The summed E-state index contributed by atoms with van der Waals surface area (Å²) >= 11 is 0. The summed E-state index contributed by atoms with van der Waals surface area (Å²) in [5, 5.41) is 5.79. The normalized spacial score (nSPS) is 15.8. The van der Waals surface area contributed by atoms with Crippen LogP contribution in [0.1, 0.15) is 43.7 Å². The second-order valence-electron chi connectivity index (χ2n) is 7.25. The van der Waals surface area contributed by atoms with E-state index in [9.17, 15) is 9.59 Å². The lowest BCUT2D eigenvalue weighted by atomic mass is 9.90. The number of ether oxygens (including phenoxy) is 1. The lowest BCUT2D eigenvalue weighted by Gasteiger charge is -2.25. The van der Waals surface area contributed by atoms with Gasteiger partial charge in [-0.15, -0.1) is 0 Å². The topological polar surface area (TPSA) is 67.4 Å². The fourth-order valence-corrected chi connectivity index (χ4v) is 3.15. The van der Waals surface area contributed by atoms with Crippen molar-refractivity contribution in [3.63, 3.8) is 0 Å². The minimum absolute atomic E-state index is 0.133. The Bertz CT molecular complexity index is 817. The van der Waals surface area contributed by atoms with Crippen LogP contribution in [0.15, 0.2) is 48.5 Å². The molecule has 2 aromatic carbocycles. The quantitative estimate of drug-likeness (QED) is 0.782. The van der Waals surface area contributed by atoms with Gasteiger partial charge in [0.25, 0.3) is 0 Å². The molecule has 5 heteroatoms. The number of nitrogens with one attached hydrogen (secondary N) is 2. The summed E-state index contributed by atoms with van der Waals surface area (Å²) in [5.74, 6) is 0.624. The molecule has 3 rings (SSSR count). The van der Waals surface area contributed by atoms with Crippen molar-refractivity contribution in [1.82, 2.24) is 5.32 Å². The van der Waals surface area contributed by atoms with E-state index in [2.05, 4.69) is 24.5 Å². The number of rotatable bonds is 7. The summed E-state index contributed by atoms with van der Waals surface area (Å²) in [4.78, 5) is 24.7. The number of hydrogen-bond donors (Lipinski definition) is 2. The predicted molar refractivity (Wildman–Crippen MR) is 106 cm³/mol. The van der Waals surface area contributed by atoms with Crippen molar-refractivity contribution in [2.24, 2.45) is 5.92 Å². The lowest BCUT2D eigenvalue weighted by Crippen LogP contribution is -2.34. The number of carbonyl (C=O) groups is 2. The molecule has 2 N–H and O–H groups in total. The van der Waals surface area contributed by atoms with Gasteiger partial charge < -0.3 is 15.4 Å². The molecule has 1 heterocycles. The summed E-state index contributed by atoms with van der Waals surface area (Å²) in [5.41, 5.74) is 2.51. The van der Waals surface area contributed by atoms with Gasteiger partial charge in [-0.1, -0.05) is 50.2 Å². The first-order chi connectivity index (χ1) is 13.0. The van der Waals surface area contributed by atoms with Gasteiger partial charge in [0.2, 0.25) is 11.8 Å². The number of anilines is 1. The zero-order valence-corrected chi connectivity index (χ0v) is 15.8. The Labute approximate surface area is 160 Å². The second-order valence-corrected chi connectivity index (χ2v) is 7.25. The van der Waals surface area contributed by atoms with Crippen LogP contribution in [0.2, 0.25) is 0 Å². The van der Waals surface area contributed by atoms with Crippen molar-refractivity contribution in [3.05, 3.63) is 59.7 Å². The third-order valence-corrected chi connectivity index (χ3v) is 4.69. The summed E-state index contributed by atoms with van der Waals surface area (Å²) in [6.07, 6.45) is 1.14. The summed E-state index contributed by atoms with van der Waals surface area (Å²) in [6, 6.07) is 15.2. The van der Waals surface area contributed by atoms with Crippen LogP contribution < -0.4 is 15.4 Å². The molecule has 0 fully saturated rings. The molecule has 0 aliphatic carbocycles. The van der Waals surface area contributed by atoms with Crippen molar-refractivity contribution in [2.45, 2.75) is 39.2 Å². The highest BCUT2D eigenvalue weighted by Crippen LogP contribution is 2.32. The first kappa shape index (κ1) is 19.0. The van der Waals surface area contributed by atoms with Gasteiger partial charge in [0, 0.05) is 24.2 Å². The first-order valence-electron chi connectivity index (χ1n) is 9.41. The highest BCUT2D eigenvalue weighted by Gasteiger charge is 2.30. The van der Waals surface area contributed by atoms with Crippen molar-refractivity contribution in [1.29, 1.82) is 0 Å². The number of hydrogen-bond acceptors (Lipinski definition) is 3. The van der Waals surface area contributed by atoms with E-state index in [0.29, 0.717) is 24.8 Å². The highest BCUT2D eigenvalue weighted by molar-refractivity contribution is 6.01. The predicted octanol–water partition coefficient (Wildman–Crippen LogP) is 3.85. The molecule has 27 heavy (non-hydrogen) atoms. The van der Waals surface area contributed by atoms with E-state index < -0.39 is 5.92 Å². The maximum atomic E-state index is 12.8. The summed E-state index contributed by atoms with van der Waals surface area (Å²) in [7, 11) is 0. The van der Waals surface area contributed by atoms with Gasteiger partial charge in [0.1, 0.15) is 5.75 Å². The van der Waals surface area contributed by atoms with Gasteiger partial charge in [0.15, 0.2) is 0 Å². The Morgan fingerprint density at radius 2 is 1.93 bits per heavy atom. The Morgan fingerprint density at radius 1 is 1.19 bits per heavy atom. The standard InChI is InChI=1S/C22H26N2O3/c1-15(2)11-12-27-20-10-6-3-7-16(20)14-23-22(26)18-13-21(25)24-19-9-5-4-8-17(18)19/h3-10,15,18H,11-14H2,1-2H3,(H,23,26)(H,24,25). The zero-order chi connectivity index (χ0) is 19.2. The largest absolute Gasteiger partial charge is 0.493 e. The molecule has 1 aliphatic rings. The molecule has 5 nitrogen and oxygen atoms in total. The van der Waals surface area contributed by atoms with Gasteiger partial charge in [-0.2, -0.15) is 0 Å². The van der Waals surface area contributed by atoms with Gasteiger partial charge in [0.05, 0.1) is 12.5 Å². The first-order valence-corrected chi connectivity index (χ1v) is 9.41. The fourth-order valence-electron chi connectivity index (χ4n) is 3.15. The molecule has 0 aromatic heterocycles. The van der Waals surface area contributed by atoms with E-state index in [-0.39, 0.29) is 18.2 Å². The molecule has 1 aliphatic heterocycles. The van der Waals surface area contributed by atoms with E-state index in [1.165, 1.54) is 0 Å². The molecule has 0 spiro atoms. The molecule has 0 radical (unpaired) electrons. The van der Waals surface area contributed by atoms with E-state index in [0.717, 1.165) is 23.3 Å². The van der Waals surface area contributed by atoms with Crippen molar-refractivity contribution in [2.75, 3.05) is 11.9 Å². The van der Waals surface area contributed by atoms with Crippen LogP contribution in [0.25, 0.3) is 0 Å². The van der Waals surface area contributed by atoms with E-state index in [4.69, 9.17) is 4.74 Å². The SMILES string of the molecule is CC(C)CCOc1ccccc1CNC(=O)C1CC(=O)Nc2ccccc21. The maximum absolute atomic E-state index is 12.8. The monoisotopic (exact) mass is 366 g/mol. The third kappa shape index (κ3) is 4.88. The van der Waals surface area contributed by atoms with Crippen LogP contribution in [-0.4, -0.2) is 18.4 Å². The zero-order valence-electron chi connectivity index (χ0n) is 15.8. The number of para-hydroxylation sites is 2. The van der Waals surface area contributed by atoms with Gasteiger partial charge in [-0.05, 0) is 30.0 Å². The Balaban J connectivity index is 1.65. The fraction of sp³-hybridized carbons (Fsp3) is 0.364. The van der Waals surface area contributed by atoms with E-state index >= 15 is 0 Å².